The van der Waals surface area contributed by atoms with E-state index in [1.807, 2.05) is 0 Å². The molecule has 1 heterocycles. The molecule has 0 spiro atoms. The summed E-state index contributed by atoms with van der Waals surface area (Å²) in [7, 11) is 0. The van der Waals surface area contributed by atoms with Crippen molar-refractivity contribution >= 4 is 5.97 Å². The summed E-state index contributed by atoms with van der Waals surface area (Å²) in [5.41, 5.74) is 0.408. The van der Waals surface area contributed by atoms with Crippen LogP contribution in [0.5, 0.6) is 0 Å². The predicted molar refractivity (Wildman–Crippen MR) is 30.6 cm³/mol. The van der Waals surface area contributed by atoms with Gasteiger partial charge in [-0.3, -0.25) is 0 Å². The van der Waals surface area contributed by atoms with Gasteiger partial charge in [-0.05, 0) is 6.92 Å². The number of esters is 1. The standard InChI is InChI=1S/C6H8O3/c1-4(2)6(7)9-5-3-8-5/h5H,1,3H2,2H3. The molecular formula is C6H8O3. The van der Waals surface area contributed by atoms with E-state index in [2.05, 4.69) is 16.1 Å². The number of ether oxygens (including phenoxy) is 2. The number of hydrogen-bond donors (Lipinski definition) is 0. The Labute approximate surface area is 53.3 Å². The van der Waals surface area contributed by atoms with Crippen LogP contribution in [-0.2, 0) is 14.3 Å². The third-order valence-electron chi connectivity index (χ3n) is 0.890. The number of carbonyl (C=O) groups excluding carboxylic acids is 1. The topological polar surface area (TPSA) is 38.8 Å². The van der Waals surface area contributed by atoms with Gasteiger partial charge in [0.05, 0.1) is 0 Å². The Morgan fingerprint density at radius 1 is 1.89 bits per heavy atom. The minimum absolute atomic E-state index is 0.297. The van der Waals surface area contributed by atoms with Gasteiger partial charge in [-0.2, -0.15) is 0 Å². The van der Waals surface area contributed by atoms with Crippen LogP contribution in [0, 0.1) is 0 Å². The van der Waals surface area contributed by atoms with Crippen molar-refractivity contribution in [2.24, 2.45) is 0 Å². The highest BCUT2D eigenvalue weighted by Crippen LogP contribution is 2.11. The Balaban J connectivity index is 2.25. The molecule has 3 nitrogen and oxygen atoms in total. The molecule has 0 bridgehead atoms. The molecular weight excluding hydrogens is 120 g/mol. The van der Waals surface area contributed by atoms with E-state index < -0.39 is 0 Å². The Bertz CT molecular complexity index is 146. The molecule has 9 heavy (non-hydrogen) atoms. The van der Waals surface area contributed by atoms with Gasteiger partial charge in [0.2, 0.25) is 6.29 Å². The van der Waals surface area contributed by atoms with Gasteiger partial charge >= 0.3 is 5.97 Å². The van der Waals surface area contributed by atoms with Crippen molar-refractivity contribution < 1.29 is 14.3 Å². The zero-order valence-electron chi connectivity index (χ0n) is 5.22. The molecule has 3 heteroatoms. The van der Waals surface area contributed by atoms with Crippen LogP contribution >= 0.6 is 0 Å². The van der Waals surface area contributed by atoms with Crippen molar-refractivity contribution in [3.63, 3.8) is 0 Å². The average Bonchev–Trinajstić information content (AvgIpc) is 2.50. The SMILES string of the molecule is C=C(C)C(=O)OC1CO1. The number of carbonyl (C=O) groups is 1. The van der Waals surface area contributed by atoms with Gasteiger partial charge in [0.25, 0.3) is 0 Å². The number of rotatable bonds is 2. The van der Waals surface area contributed by atoms with Crippen LogP contribution in [0.15, 0.2) is 12.2 Å². The Hall–Kier alpha value is -0.830. The van der Waals surface area contributed by atoms with Crippen LogP contribution in [0.25, 0.3) is 0 Å². The van der Waals surface area contributed by atoms with Crippen LogP contribution in [0.1, 0.15) is 6.92 Å². The molecule has 0 aliphatic carbocycles. The van der Waals surface area contributed by atoms with E-state index in [4.69, 9.17) is 0 Å². The van der Waals surface area contributed by atoms with Crippen molar-refractivity contribution in [1.82, 2.24) is 0 Å². The van der Waals surface area contributed by atoms with Crippen molar-refractivity contribution in [3.8, 4) is 0 Å². The van der Waals surface area contributed by atoms with Crippen LogP contribution in [-0.4, -0.2) is 18.9 Å². The second kappa shape index (κ2) is 2.19. The van der Waals surface area contributed by atoms with Crippen molar-refractivity contribution in [3.05, 3.63) is 12.2 Å². The van der Waals surface area contributed by atoms with E-state index in [9.17, 15) is 4.79 Å². The molecule has 50 valence electrons. The Kier molecular flexibility index (Phi) is 1.53. The number of hydrogen-bond acceptors (Lipinski definition) is 3. The fraction of sp³-hybridized carbons (Fsp3) is 0.500. The fourth-order valence-electron chi connectivity index (χ4n) is 0.327. The van der Waals surface area contributed by atoms with Gasteiger partial charge in [-0.25, -0.2) is 4.79 Å². The lowest BCUT2D eigenvalue weighted by Gasteiger charge is -1.96. The summed E-state index contributed by atoms with van der Waals surface area (Å²) in [4.78, 5) is 10.6. The highest BCUT2D eigenvalue weighted by Gasteiger charge is 2.27. The van der Waals surface area contributed by atoms with Gasteiger partial charge in [0.15, 0.2) is 0 Å². The summed E-state index contributed by atoms with van der Waals surface area (Å²) >= 11 is 0. The second-order valence-electron chi connectivity index (χ2n) is 1.95. The van der Waals surface area contributed by atoms with Gasteiger partial charge in [0, 0.05) is 5.57 Å². The minimum atomic E-state index is -0.377. The van der Waals surface area contributed by atoms with Crippen molar-refractivity contribution in [2.45, 2.75) is 13.2 Å². The summed E-state index contributed by atoms with van der Waals surface area (Å²) in [6.07, 6.45) is -0.297. The van der Waals surface area contributed by atoms with Crippen molar-refractivity contribution in [1.29, 1.82) is 0 Å². The van der Waals surface area contributed by atoms with E-state index in [-0.39, 0.29) is 12.3 Å². The summed E-state index contributed by atoms with van der Waals surface area (Å²) in [5.74, 6) is -0.377. The highest BCUT2D eigenvalue weighted by atomic mass is 16.8. The van der Waals surface area contributed by atoms with Crippen molar-refractivity contribution in [2.75, 3.05) is 6.61 Å². The zero-order chi connectivity index (χ0) is 6.85. The third-order valence-corrected chi connectivity index (χ3v) is 0.890. The van der Waals surface area contributed by atoms with Crippen LogP contribution in [0.2, 0.25) is 0 Å². The average molecular weight is 128 g/mol. The summed E-state index contributed by atoms with van der Waals surface area (Å²) < 4.78 is 9.31. The van der Waals surface area contributed by atoms with Gasteiger partial charge in [0.1, 0.15) is 6.61 Å². The second-order valence-corrected chi connectivity index (χ2v) is 1.95. The molecule has 0 N–H and O–H groups in total. The van der Waals surface area contributed by atoms with Crippen LogP contribution in [0.3, 0.4) is 0 Å². The monoisotopic (exact) mass is 128 g/mol. The molecule has 1 aliphatic rings. The molecule has 0 saturated carbocycles. The molecule has 1 saturated heterocycles. The van der Waals surface area contributed by atoms with Gasteiger partial charge in [-0.1, -0.05) is 6.58 Å². The lowest BCUT2D eigenvalue weighted by Crippen LogP contribution is -2.06. The zero-order valence-corrected chi connectivity index (χ0v) is 5.22. The highest BCUT2D eigenvalue weighted by molar-refractivity contribution is 5.87. The lowest BCUT2D eigenvalue weighted by atomic mass is 10.4. The Morgan fingerprint density at radius 2 is 2.44 bits per heavy atom. The van der Waals surface area contributed by atoms with E-state index in [1.165, 1.54) is 0 Å². The van der Waals surface area contributed by atoms with Crippen LogP contribution < -0.4 is 0 Å². The maximum absolute atomic E-state index is 10.6. The first-order chi connectivity index (χ1) is 4.20. The van der Waals surface area contributed by atoms with E-state index in [1.54, 1.807) is 6.92 Å². The molecule has 0 amide bonds. The first-order valence-corrected chi connectivity index (χ1v) is 2.68. The smallest absolute Gasteiger partial charge is 0.335 e. The fourth-order valence-corrected chi connectivity index (χ4v) is 0.327. The summed E-state index contributed by atoms with van der Waals surface area (Å²) in [6.45, 7) is 5.53. The Morgan fingerprint density at radius 3 is 2.78 bits per heavy atom. The molecule has 1 atom stereocenters. The molecule has 1 fully saturated rings. The molecule has 0 radical (unpaired) electrons. The predicted octanol–water partition coefficient (Wildman–Crippen LogP) is 0.462. The van der Waals surface area contributed by atoms with E-state index in [0.29, 0.717) is 12.2 Å². The maximum atomic E-state index is 10.6. The molecule has 0 aromatic carbocycles. The first kappa shape index (κ1) is 6.29. The van der Waals surface area contributed by atoms with Gasteiger partial charge < -0.3 is 9.47 Å². The van der Waals surface area contributed by atoms with Gasteiger partial charge in [-0.15, -0.1) is 0 Å². The third kappa shape index (κ3) is 1.85. The number of epoxide rings is 1. The van der Waals surface area contributed by atoms with E-state index >= 15 is 0 Å². The van der Waals surface area contributed by atoms with E-state index in [0.717, 1.165) is 0 Å². The minimum Gasteiger partial charge on any atom is -0.430 e. The maximum Gasteiger partial charge on any atom is 0.335 e. The first-order valence-electron chi connectivity index (χ1n) is 2.68. The molecule has 0 aromatic rings. The quantitative estimate of drug-likeness (QED) is 0.308. The lowest BCUT2D eigenvalue weighted by molar-refractivity contribution is -0.143. The summed E-state index contributed by atoms with van der Waals surface area (Å²) in [5, 5.41) is 0. The molecule has 1 rings (SSSR count). The molecule has 0 aromatic heterocycles. The molecule has 1 aliphatic heterocycles. The molecule has 1 unspecified atom stereocenters. The largest absolute Gasteiger partial charge is 0.430 e. The summed E-state index contributed by atoms with van der Waals surface area (Å²) in [6, 6.07) is 0. The van der Waals surface area contributed by atoms with Crippen LogP contribution in [0.4, 0.5) is 0 Å². The normalized spacial score (nSPS) is 23.0.